The molecule has 0 fully saturated rings. The zero-order valence-corrected chi connectivity index (χ0v) is 8.71. The van der Waals surface area contributed by atoms with Crippen LogP contribution >= 0.6 is 0 Å². The topological polar surface area (TPSA) is 87.9 Å². The minimum Gasteiger partial charge on any atom is -0.369 e. The number of hydrogen-bond donors (Lipinski definition) is 2. The minimum atomic E-state index is -0.509. The van der Waals surface area contributed by atoms with Crippen LogP contribution in [0.5, 0.6) is 0 Å². The number of nitrogens with two attached hydrogens (primary N) is 1. The van der Waals surface area contributed by atoms with Crippen LogP contribution in [0.15, 0.2) is 35.1 Å². The molecule has 0 saturated carbocycles. The standard InChI is InChI=1S/C10H11N5O/c1-15(7-5-3-2-4-6-7)9-12-8(11)13-10(16)14-9/h2-6H,1H3,(H3,11,12,13,14,16). The molecule has 0 radical (unpaired) electrons. The number of anilines is 3. The Labute approximate surface area is 91.8 Å². The maximum atomic E-state index is 11.1. The Bertz CT molecular complexity index is 536. The molecule has 0 aliphatic heterocycles. The third-order valence-electron chi connectivity index (χ3n) is 2.10. The largest absolute Gasteiger partial charge is 0.369 e. The summed E-state index contributed by atoms with van der Waals surface area (Å²) >= 11 is 0. The van der Waals surface area contributed by atoms with Gasteiger partial charge in [0.1, 0.15) is 0 Å². The second kappa shape index (κ2) is 4.01. The molecule has 2 rings (SSSR count). The third kappa shape index (κ3) is 2.00. The lowest BCUT2D eigenvalue weighted by Gasteiger charge is -2.16. The third-order valence-corrected chi connectivity index (χ3v) is 2.10. The van der Waals surface area contributed by atoms with Crippen molar-refractivity contribution in [3.8, 4) is 0 Å². The lowest BCUT2D eigenvalue weighted by Crippen LogP contribution is -2.21. The first-order chi connectivity index (χ1) is 7.66. The lowest BCUT2D eigenvalue weighted by atomic mass is 10.3. The molecular weight excluding hydrogens is 206 g/mol. The van der Waals surface area contributed by atoms with E-state index in [9.17, 15) is 4.79 Å². The van der Waals surface area contributed by atoms with Gasteiger partial charge in [-0.2, -0.15) is 9.97 Å². The number of H-pyrrole nitrogens is 1. The van der Waals surface area contributed by atoms with Crippen LogP contribution in [0.2, 0.25) is 0 Å². The summed E-state index contributed by atoms with van der Waals surface area (Å²) in [4.78, 5) is 22.8. The maximum absolute atomic E-state index is 11.1. The summed E-state index contributed by atoms with van der Waals surface area (Å²) in [6, 6.07) is 9.47. The summed E-state index contributed by atoms with van der Waals surface area (Å²) in [5.74, 6) is 0.324. The first kappa shape index (κ1) is 10.2. The molecule has 6 heteroatoms. The molecule has 1 aromatic heterocycles. The van der Waals surface area contributed by atoms with Gasteiger partial charge in [-0.3, -0.25) is 4.98 Å². The first-order valence-electron chi connectivity index (χ1n) is 4.69. The number of hydrogen-bond acceptors (Lipinski definition) is 5. The Morgan fingerprint density at radius 3 is 2.56 bits per heavy atom. The maximum Gasteiger partial charge on any atom is 0.351 e. The second-order valence-electron chi connectivity index (χ2n) is 3.23. The molecule has 0 amide bonds. The summed E-state index contributed by atoms with van der Waals surface area (Å²) in [5.41, 5.74) is 5.81. The summed E-state index contributed by atoms with van der Waals surface area (Å²) in [7, 11) is 1.77. The number of nitrogens with zero attached hydrogens (tertiary/aromatic N) is 3. The normalized spacial score (nSPS) is 10.1. The fraction of sp³-hybridized carbons (Fsp3) is 0.100. The molecule has 0 aliphatic carbocycles. The van der Waals surface area contributed by atoms with Crippen LogP contribution < -0.4 is 16.3 Å². The summed E-state index contributed by atoms with van der Waals surface area (Å²) in [5, 5.41) is 0. The van der Waals surface area contributed by atoms with Gasteiger partial charge < -0.3 is 10.6 Å². The predicted molar refractivity (Wildman–Crippen MR) is 61.6 cm³/mol. The van der Waals surface area contributed by atoms with Gasteiger partial charge in [0.2, 0.25) is 11.9 Å². The summed E-state index contributed by atoms with van der Waals surface area (Å²) in [6.45, 7) is 0. The molecule has 1 heterocycles. The molecule has 82 valence electrons. The van der Waals surface area contributed by atoms with E-state index in [4.69, 9.17) is 5.73 Å². The molecule has 0 unspecified atom stereocenters. The fourth-order valence-corrected chi connectivity index (χ4v) is 1.31. The van der Waals surface area contributed by atoms with Crippen LogP contribution in [0.25, 0.3) is 0 Å². The van der Waals surface area contributed by atoms with Gasteiger partial charge in [-0.25, -0.2) is 4.79 Å². The minimum absolute atomic E-state index is 0.0535. The van der Waals surface area contributed by atoms with Crippen molar-refractivity contribution >= 4 is 17.6 Å². The predicted octanol–water partition coefficient (Wildman–Crippen LogP) is 0.515. The van der Waals surface area contributed by atoms with E-state index in [0.29, 0.717) is 0 Å². The van der Waals surface area contributed by atoms with E-state index in [2.05, 4.69) is 15.0 Å². The van der Waals surface area contributed by atoms with Gasteiger partial charge in [-0.15, -0.1) is 0 Å². The highest BCUT2D eigenvalue weighted by Crippen LogP contribution is 2.17. The van der Waals surface area contributed by atoms with Crippen LogP contribution in [0.3, 0.4) is 0 Å². The quantitative estimate of drug-likeness (QED) is 0.765. The zero-order chi connectivity index (χ0) is 11.5. The Morgan fingerprint density at radius 2 is 1.94 bits per heavy atom. The number of nitrogen functional groups attached to an aromatic ring is 1. The van der Waals surface area contributed by atoms with E-state index < -0.39 is 5.69 Å². The van der Waals surface area contributed by atoms with Crippen molar-refractivity contribution in [3.05, 3.63) is 40.8 Å². The molecule has 6 nitrogen and oxygen atoms in total. The van der Waals surface area contributed by atoms with Gasteiger partial charge in [-0.05, 0) is 12.1 Å². The van der Waals surface area contributed by atoms with Gasteiger partial charge in [0.05, 0.1) is 0 Å². The molecule has 0 bridgehead atoms. The average molecular weight is 217 g/mol. The van der Waals surface area contributed by atoms with Gasteiger partial charge in [0.25, 0.3) is 0 Å². The Kier molecular flexibility index (Phi) is 2.55. The molecule has 0 saturated heterocycles. The summed E-state index contributed by atoms with van der Waals surface area (Å²) < 4.78 is 0. The molecule has 0 aliphatic rings. The van der Waals surface area contributed by atoms with Crippen molar-refractivity contribution in [1.82, 2.24) is 15.0 Å². The van der Waals surface area contributed by atoms with Crippen molar-refractivity contribution in [1.29, 1.82) is 0 Å². The van der Waals surface area contributed by atoms with Crippen molar-refractivity contribution in [3.63, 3.8) is 0 Å². The van der Waals surface area contributed by atoms with Crippen molar-refractivity contribution in [2.24, 2.45) is 0 Å². The van der Waals surface area contributed by atoms with E-state index in [-0.39, 0.29) is 11.9 Å². The highest BCUT2D eigenvalue weighted by molar-refractivity contribution is 5.56. The van der Waals surface area contributed by atoms with Crippen LogP contribution in [-0.4, -0.2) is 22.0 Å². The van der Waals surface area contributed by atoms with Crippen molar-refractivity contribution in [2.45, 2.75) is 0 Å². The number of rotatable bonds is 2. The molecule has 3 N–H and O–H groups in total. The van der Waals surface area contributed by atoms with Crippen LogP contribution in [0.1, 0.15) is 0 Å². The molecular formula is C10H11N5O. The van der Waals surface area contributed by atoms with E-state index >= 15 is 0 Å². The van der Waals surface area contributed by atoms with E-state index in [1.165, 1.54) is 0 Å². The van der Waals surface area contributed by atoms with Crippen LogP contribution in [0.4, 0.5) is 17.6 Å². The van der Waals surface area contributed by atoms with Crippen molar-refractivity contribution in [2.75, 3.05) is 17.7 Å². The molecule has 2 aromatic rings. The molecule has 16 heavy (non-hydrogen) atoms. The number of nitrogens with one attached hydrogen (secondary N) is 1. The Hall–Kier alpha value is -2.37. The Balaban J connectivity index is 2.41. The highest BCUT2D eigenvalue weighted by Gasteiger charge is 2.07. The lowest BCUT2D eigenvalue weighted by molar-refractivity contribution is 0.955. The second-order valence-corrected chi connectivity index (χ2v) is 3.23. The molecule has 0 spiro atoms. The molecule has 1 aromatic carbocycles. The highest BCUT2D eigenvalue weighted by atomic mass is 16.1. The zero-order valence-electron chi connectivity index (χ0n) is 8.71. The first-order valence-corrected chi connectivity index (χ1v) is 4.69. The SMILES string of the molecule is CN(c1ccccc1)c1nc(N)[nH]c(=O)n1. The molecule has 0 atom stereocenters. The van der Waals surface area contributed by atoms with Crippen molar-refractivity contribution < 1.29 is 0 Å². The summed E-state index contributed by atoms with van der Waals surface area (Å²) in [6.07, 6.45) is 0. The number of aromatic amines is 1. The Morgan fingerprint density at radius 1 is 1.25 bits per heavy atom. The fourth-order valence-electron chi connectivity index (χ4n) is 1.31. The average Bonchev–Trinajstić information content (AvgIpc) is 2.28. The van der Waals surface area contributed by atoms with E-state index in [1.807, 2.05) is 30.3 Å². The van der Waals surface area contributed by atoms with Gasteiger partial charge in [0, 0.05) is 12.7 Å². The van der Waals surface area contributed by atoms with Gasteiger partial charge >= 0.3 is 5.69 Å². The van der Waals surface area contributed by atoms with Gasteiger partial charge in [0.15, 0.2) is 0 Å². The number of benzene rings is 1. The van der Waals surface area contributed by atoms with Crippen LogP contribution in [-0.2, 0) is 0 Å². The van der Waals surface area contributed by atoms with E-state index in [0.717, 1.165) is 5.69 Å². The van der Waals surface area contributed by atoms with Gasteiger partial charge in [-0.1, -0.05) is 18.2 Å². The van der Waals surface area contributed by atoms with E-state index in [1.54, 1.807) is 11.9 Å². The monoisotopic (exact) mass is 217 g/mol. The number of aromatic nitrogens is 3. The smallest absolute Gasteiger partial charge is 0.351 e. The van der Waals surface area contributed by atoms with Crippen LogP contribution in [0, 0.1) is 0 Å². The number of para-hydroxylation sites is 1.